The molecule has 31 heavy (non-hydrogen) atoms. The number of nitrogens with one attached hydrogen (secondary N) is 1. The molecule has 2 heterocycles. The van der Waals surface area contributed by atoms with Crippen molar-refractivity contribution in [2.75, 3.05) is 18.4 Å². The van der Waals surface area contributed by atoms with Crippen LogP contribution < -0.4 is 5.32 Å². The smallest absolute Gasteiger partial charge is 0.274 e. The minimum absolute atomic E-state index is 0.248. The van der Waals surface area contributed by atoms with Gasteiger partial charge in [0.25, 0.3) is 5.91 Å². The largest absolute Gasteiger partial charge is 0.321 e. The minimum Gasteiger partial charge on any atom is -0.321 e. The fraction of sp³-hybridized carbons (Fsp3) is 0.304. The molecule has 0 spiro atoms. The summed E-state index contributed by atoms with van der Waals surface area (Å²) in [6.45, 7) is 1.13. The fourth-order valence-corrected chi connectivity index (χ4v) is 5.41. The SMILES string of the molecule is O=C(Nc1ccc(S(=O)(=O)N2CCCC2)cc1)c1cc(C2CC2)nn1-c1ccccc1. The predicted octanol–water partition coefficient (Wildman–Crippen LogP) is 3.79. The van der Waals surface area contributed by atoms with Crippen LogP contribution in [0.5, 0.6) is 0 Å². The molecule has 1 aliphatic heterocycles. The van der Waals surface area contributed by atoms with Crippen molar-refractivity contribution in [3.63, 3.8) is 0 Å². The molecule has 0 unspecified atom stereocenters. The normalized spacial score (nSPS) is 17.0. The molecule has 2 fully saturated rings. The maximum Gasteiger partial charge on any atom is 0.274 e. The summed E-state index contributed by atoms with van der Waals surface area (Å²) >= 11 is 0. The first-order chi connectivity index (χ1) is 15.0. The van der Waals surface area contributed by atoms with Gasteiger partial charge in [-0.05, 0) is 68.1 Å². The Morgan fingerprint density at radius 1 is 0.968 bits per heavy atom. The number of amides is 1. The standard InChI is InChI=1S/C23H24N4O3S/c28-23(22-16-21(17-8-9-17)25-27(22)19-6-2-1-3-7-19)24-18-10-12-20(13-11-18)31(29,30)26-14-4-5-15-26/h1-3,6-7,10-13,16-17H,4-5,8-9,14-15H2,(H,24,28). The van der Waals surface area contributed by atoms with Crippen molar-refractivity contribution in [3.8, 4) is 5.69 Å². The van der Waals surface area contributed by atoms with Gasteiger partial charge in [0.2, 0.25) is 10.0 Å². The van der Waals surface area contributed by atoms with Crippen molar-refractivity contribution in [1.82, 2.24) is 14.1 Å². The number of rotatable bonds is 6. The zero-order chi connectivity index (χ0) is 21.4. The number of nitrogens with zero attached hydrogens (tertiary/aromatic N) is 3. The van der Waals surface area contributed by atoms with Gasteiger partial charge in [0.1, 0.15) is 5.69 Å². The second-order valence-electron chi connectivity index (χ2n) is 8.07. The molecular weight excluding hydrogens is 412 g/mol. The highest BCUT2D eigenvalue weighted by Crippen LogP contribution is 2.39. The molecule has 2 aromatic carbocycles. The van der Waals surface area contributed by atoms with Gasteiger partial charge in [0.15, 0.2) is 0 Å². The molecule has 1 N–H and O–H groups in total. The predicted molar refractivity (Wildman–Crippen MR) is 118 cm³/mol. The van der Waals surface area contributed by atoms with E-state index < -0.39 is 10.0 Å². The third kappa shape index (κ3) is 4.00. The lowest BCUT2D eigenvalue weighted by atomic mass is 10.2. The van der Waals surface area contributed by atoms with Crippen molar-refractivity contribution in [2.45, 2.75) is 36.5 Å². The summed E-state index contributed by atoms with van der Waals surface area (Å²) in [4.78, 5) is 13.3. The molecule has 0 radical (unpaired) electrons. The van der Waals surface area contributed by atoms with E-state index in [0.29, 0.717) is 30.4 Å². The molecular formula is C23H24N4O3S. The van der Waals surface area contributed by atoms with Crippen LogP contribution in [0.4, 0.5) is 5.69 Å². The molecule has 0 bridgehead atoms. The van der Waals surface area contributed by atoms with Gasteiger partial charge < -0.3 is 5.32 Å². The number of sulfonamides is 1. The quantitative estimate of drug-likeness (QED) is 0.637. The van der Waals surface area contributed by atoms with E-state index in [1.165, 1.54) is 4.31 Å². The summed E-state index contributed by atoms with van der Waals surface area (Å²) in [5.41, 5.74) is 2.76. The van der Waals surface area contributed by atoms with E-state index in [4.69, 9.17) is 0 Å². The molecule has 1 saturated heterocycles. The number of aromatic nitrogens is 2. The summed E-state index contributed by atoms with van der Waals surface area (Å²) in [5, 5.41) is 7.55. The number of benzene rings is 2. The highest BCUT2D eigenvalue weighted by atomic mass is 32.2. The topological polar surface area (TPSA) is 84.3 Å². The lowest BCUT2D eigenvalue weighted by Gasteiger charge is -2.15. The van der Waals surface area contributed by atoms with Crippen molar-refractivity contribution in [2.24, 2.45) is 0 Å². The molecule has 2 aliphatic rings. The first-order valence-corrected chi connectivity index (χ1v) is 12.0. The Morgan fingerprint density at radius 2 is 1.65 bits per heavy atom. The van der Waals surface area contributed by atoms with Crippen LogP contribution in [0, 0.1) is 0 Å². The zero-order valence-corrected chi connectivity index (χ0v) is 17.9. The molecule has 1 aliphatic carbocycles. The van der Waals surface area contributed by atoms with Gasteiger partial charge in [-0.2, -0.15) is 9.40 Å². The van der Waals surface area contributed by atoms with Crippen molar-refractivity contribution in [1.29, 1.82) is 0 Å². The lowest BCUT2D eigenvalue weighted by molar-refractivity contribution is 0.101. The molecule has 160 valence electrons. The summed E-state index contributed by atoms with van der Waals surface area (Å²) in [5.74, 6) is 0.144. The maximum absolute atomic E-state index is 13.1. The summed E-state index contributed by atoms with van der Waals surface area (Å²) < 4.78 is 28.6. The Morgan fingerprint density at radius 3 is 2.29 bits per heavy atom. The van der Waals surface area contributed by atoms with Gasteiger partial charge in [-0.3, -0.25) is 4.79 Å². The minimum atomic E-state index is -3.47. The second-order valence-corrected chi connectivity index (χ2v) is 10.0. The molecule has 8 heteroatoms. The molecule has 0 atom stereocenters. The van der Waals surface area contributed by atoms with Crippen LogP contribution in [-0.4, -0.2) is 41.5 Å². The second kappa shape index (κ2) is 7.94. The van der Waals surface area contributed by atoms with Gasteiger partial charge in [0.05, 0.1) is 16.3 Å². The van der Waals surface area contributed by atoms with Crippen molar-refractivity contribution < 1.29 is 13.2 Å². The Bertz CT molecular complexity index is 1190. The lowest BCUT2D eigenvalue weighted by Crippen LogP contribution is -2.27. The Kier molecular flexibility index (Phi) is 5.11. The van der Waals surface area contributed by atoms with E-state index >= 15 is 0 Å². The van der Waals surface area contributed by atoms with Crippen LogP contribution in [-0.2, 0) is 10.0 Å². The number of carbonyl (C=O) groups excluding carboxylic acids is 1. The van der Waals surface area contributed by atoms with Crippen LogP contribution >= 0.6 is 0 Å². The van der Waals surface area contributed by atoms with Crippen LogP contribution in [0.2, 0.25) is 0 Å². The first-order valence-electron chi connectivity index (χ1n) is 10.6. The molecule has 7 nitrogen and oxygen atoms in total. The Hall–Kier alpha value is -2.97. The monoisotopic (exact) mass is 436 g/mol. The van der Waals surface area contributed by atoms with Crippen LogP contribution in [0.15, 0.2) is 65.6 Å². The van der Waals surface area contributed by atoms with Gasteiger partial charge in [-0.25, -0.2) is 13.1 Å². The van der Waals surface area contributed by atoms with Crippen molar-refractivity contribution in [3.05, 3.63) is 72.1 Å². The Labute approximate surface area is 181 Å². The number of para-hydroxylation sites is 1. The third-order valence-corrected chi connectivity index (χ3v) is 7.69. The van der Waals surface area contributed by atoms with Crippen LogP contribution in [0.3, 0.4) is 0 Å². The van der Waals surface area contributed by atoms with E-state index in [2.05, 4.69) is 10.4 Å². The molecule has 1 aromatic heterocycles. The average molecular weight is 437 g/mol. The zero-order valence-electron chi connectivity index (χ0n) is 17.1. The van der Waals surface area contributed by atoms with Gasteiger partial charge in [0, 0.05) is 24.7 Å². The van der Waals surface area contributed by atoms with Gasteiger partial charge in [-0.1, -0.05) is 18.2 Å². The Balaban J connectivity index is 1.38. The number of carbonyl (C=O) groups is 1. The van der Waals surface area contributed by atoms with E-state index in [0.717, 1.165) is 37.1 Å². The summed E-state index contributed by atoms with van der Waals surface area (Å²) in [6.07, 6.45) is 3.98. The van der Waals surface area contributed by atoms with Crippen LogP contribution in [0.25, 0.3) is 5.69 Å². The first kappa shape index (κ1) is 20.0. The van der Waals surface area contributed by atoms with Crippen molar-refractivity contribution >= 4 is 21.6 Å². The average Bonchev–Trinajstić information content (AvgIpc) is 3.29. The van der Waals surface area contributed by atoms with E-state index in [1.54, 1.807) is 28.9 Å². The number of hydrogen-bond donors (Lipinski definition) is 1. The summed E-state index contributed by atoms with van der Waals surface area (Å²) in [6, 6.07) is 17.8. The van der Waals surface area contributed by atoms with Crippen LogP contribution in [0.1, 0.15) is 47.8 Å². The third-order valence-electron chi connectivity index (χ3n) is 5.77. The molecule has 5 rings (SSSR count). The fourth-order valence-electron chi connectivity index (χ4n) is 3.89. The molecule has 1 amide bonds. The maximum atomic E-state index is 13.1. The number of anilines is 1. The van der Waals surface area contributed by atoms with E-state index in [-0.39, 0.29) is 10.8 Å². The van der Waals surface area contributed by atoms with E-state index in [1.807, 2.05) is 36.4 Å². The van der Waals surface area contributed by atoms with Gasteiger partial charge in [-0.15, -0.1) is 0 Å². The highest BCUT2D eigenvalue weighted by Gasteiger charge is 2.29. The molecule has 1 saturated carbocycles. The molecule has 3 aromatic rings. The summed E-state index contributed by atoms with van der Waals surface area (Å²) in [7, 11) is -3.47. The van der Waals surface area contributed by atoms with Gasteiger partial charge >= 0.3 is 0 Å². The van der Waals surface area contributed by atoms with E-state index in [9.17, 15) is 13.2 Å². The highest BCUT2D eigenvalue weighted by molar-refractivity contribution is 7.89. The number of hydrogen-bond acceptors (Lipinski definition) is 4.